The van der Waals surface area contributed by atoms with Gasteiger partial charge in [-0.1, -0.05) is 129 Å². The molecule has 0 aromatic rings. The third-order valence-electron chi connectivity index (χ3n) is 16.1. The number of likely N-dealkylation sites (N-methyl/N-ethyl adjacent to an activating group) is 3. The van der Waals surface area contributed by atoms with Crippen molar-refractivity contribution in [3.8, 4) is 0 Å². The van der Waals surface area contributed by atoms with E-state index >= 15 is 0 Å². The van der Waals surface area contributed by atoms with E-state index in [0.717, 1.165) is 65.3 Å². The fourth-order valence-electron chi connectivity index (χ4n) is 10.5. The van der Waals surface area contributed by atoms with E-state index < -0.39 is 0 Å². The predicted octanol–water partition coefficient (Wildman–Crippen LogP) is 13.4. The van der Waals surface area contributed by atoms with Gasteiger partial charge in [0.1, 0.15) is 0 Å². The van der Waals surface area contributed by atoms with Crippen LogP contribution in [0.15, 0.2) is 0 Å². The van der Waals surface area contributed by atoms with Crippen LogP contribution in [0.2, 0.25) is 0 Å². The van der Waals surface area contributed by atoms with Crippen LogP contribution in [0.4, 0.5) is 0 Å². The summed E-state index contributed by atoms with van der Waals surface area (Å²) in [6.07, 6.45) is 19.1. The summed E-state index contributed by atoms with van der Waals surface area (Å²) < 4.78 is 0. The molecule has 0 atom stereocenters. The number of likely N-dealkylation sites (tertiary alicyclic amines) is 2. The van der Waals surface area contributed by atoms with Gasteiger partial charge in [0.2, 0.25) is 0 Å². The molecule has 8 rings (SSSR count). The van der Waals surface area contributed by atoms with E-state index in [1.54, 1.807) is 0 Å². The summed E-state index contributed by atoms with van der Waals surface area (Å²) in [7, 11) is 4.39. The Kier molecular flexibility index (Phi) is 39.5. The van der Waals surface area contributed by atoms with Crippen LogP contribution in [-0.4, -0.2) is 196 Å². The second-order valence-corrected chi connectivity index (χ2v) is 26.7. The molecule has 426 valence electrons. The molecule has 0 spiro atoms. The zero-order valence-corrected chi connectivity index (χ0v) is 52.3. The molecule has 0 radical (unpaired) electrons. The Labute approximate surface area is 448 Å². The highest BCUT2D eigenvalue weighted by atomic mass is 15.3. The molecule has 5 heterocycles. The summed E-state index contributed by atoms with van der Waals surface area (Å²) in [6, 6.07) is 1.46. The first kappa shape index (κ1) is 68.7. The van der Waals surface area contributed by atoms with Crippen LogP contribution in [0, 0.1) is 53.3 Å². The molecule has 8 heteroatoms. The van der Waals surface area contributed by atoms with Gasteiger partial charge in [0.15, 0.2) is 0 Å². The fourth-order valence-corrected chi connectivity index (χ4v) is 10.5. The first-order valence-corrected chi connectivity index (χ1v) is 31.3. The number of piperazine rings is 3. The van der Waals surface area contributed by atoms with Crippen molar-refractivity contribution < 1.29 is 0 Å². The van der Waals surface area contributed by atoms with Crippen LogP contribution >= 0.6 is 0 Å². The minimum absolute atomic E-state index is 0.730. The predicted molar refractivity (Wildman–Crippen MR) is 319 cm³/mol. The number of piperidine rings is 1. The van der Waals surface area contributed by atoms with Crippen LogP contribution in [-0.2, 0) is 0 Å². The Morgan fingerprint density at radius 3 is 0.887 bits per heavy atom. The van der Waals surface area contributed by atoms with Gasteiger partial charge in [-0.15, -0.1) is 0 Å². The molecule has 5 saturated heterocycles. The SMILES string of the molecule is CC(C)C1CC1.CC(C)C1CCC1.CC(C)CC1CC1.CC(C)CN1CCCC1.CC(C)CN1CCCCC1.CC(C)CN1CCN(C)CC1.CC(C)N1CCN(C)CC1.CCN1CCN(C(C)C)CC1. The van der Waals surface area contributed by atoms with Crippen molar-refractivity contribution in [2.75, 3.05) is 145 Å². The number of nitrogens with zero attached hydrogens (tertiary/aromatic N) is 8. The molecule has 8 nitrogen and oxygen atoms in total. The van der Waals surface area contributed by atoms with Crippen LogP contribution in [0.25, 0.3) is 0 Å². The maximum Gasteiger partial charge on any atom is 0.0113 e. The molecule has 71 heavy (non-hydrogen) atoms. The number of rotatable bonds is 13. The van der Waals surface area contributed by atoms with Crippen molar-refractivity contribution in [3.63, 3.8) is 0 Å². The van der Waals surface area contributed by atoms with E-state index in [4.69, 9.17) is 0 Å². The van der Waals surface area contributed by atoms with E-state index in [0.29, 0.717) is 0 Å². The highest BCUT2D eigenvalue weighted by molar-refractivity contribution is 4.77. The van der Waals surface area contributed by atoms with Gasteiger partial charge in [0.25, 0.3) is 0 Å². The summed E-state index contributed by atoms with van der Waals surface area (Å²) in [5.74, 6) is 8.68. The Bertz CT molecular complexity index is 1140. The fraction of sp³-hybridized carbons (Fsp3) is 1.00. The maximum atomic E-state index is 2.59. The minimum atomic E-state index is 0.730. The molecule has 8 fully saturated rings. The van der Waals surface area contributed by atoms with Gasteiger partial charge >= 0.3 is 0 Å². The van der Waals surface area contributed by atoms with Gasteiger partial charge in [-0.2, -0.15) is 0 Å². The summed E-state index contributed by atoms with van der Waals surface area (Å²) in [5, 5.41) is 0. The zero-order valence-electron chi connectivity index (χ0n) is 52.3. The Morgan fingerprint density at radius 1 is 0.324 bits per heavy atom. The molecule has 3 aliphatic carbocycles. The van der Waals surface area contributed by atoms with Gasteiger partial charge in [-0.3, -0.25) is 9.80 Å². The first-order valence-electron chi connectivity index (χ1n) is 31.3. The Morgan fingerprint density at radius 2 is 0.648 bits per heavy atom. The largest absolute Gasteiger partial charge is 0.304 e. The number of hydrogen-bond donors (Lipinski definition) is 0. The molecule has 0 bridgehead atoms. The third-order valence-corrected chi connectivity index (χ3v) is 16.1. The van der Waals surface area contributed by atoms with Gasteiger partial charge in [-0.25, -0.2) is 0 Å². The first-order chi connectivity index (χ1) is 33.6. The average molecular weight is 1000 g/mol. The standard InChI is InChI=1S/2C9H20N2.C9H19N.C8H18N2.C8H17N.2C7H14.C6H12/c1-9(2)8-11-6-4-10(3)5-7-11;1-4-10-5-7-11(8-6-10)9(2)3;1-9(2)8-10-6-4-3-5-7-10;1-8(2)10-6-4-9(3)5-7-10;1-8(2)7-9-5-3-4-6-9;1-6(2)5-7-3-4-7;1-6(2)7-4-3-5-7;1-5(2)6-3-4-6/h2*9H,4-8H2,1-3H3;9H,3-8H2,1-2H3;8H,4-7H2,1-3H3;8H,3-7H2,1-2H3;2*6-7H,3-5H2,1-2H3;5-6H,3-4H2,1-2H3. The highest BCUT2D eigenvalue weighted by Crippen LogP contribution is 2.36. The molecule has 0 unspecified atom stereocenters. The topological polar surface area (TPSA) is 25.9 Å². The van der Waals surface area contributed by atoms with Gasteiger partial charge in [0, 0.05) is 110 Å². The van der Waals surface area contributed by atoms with Crippen molar-refractivity contribution >= 4 is 0 Å². The minimum Gasteiger partial charge on any atom is -0.304 e. The van der Waals surface area contributed by atoms with Gasteiger partial charge in [-0.05, 0) is 173 Å². The quantitative estimate of drug-likeness (QED) is 0.180. The molecule has 0 aromatic heterocycles. The van der Waals surface area contributed by atoms with E-state index in [9.17, 15) is 0 Å². The highest BCUT2D eigenvalue weighted by Gasteiger charge is 2.24. The zero-order chi connectivity index (χ0) is 53.3. The van der Waals surface area contributed by atoms with Crippen LogP contribution < -0.4 is 0 Å². The summed E-state index contributed by atoms with van der Waals surface area (Å²) >= 11 is 0. The molecule has 8 aliphatic rings. The van der Waals surface area contributed by atoms with E-state index in [-0.39, 0.29) is 0 Å². The van der Waals surface area contributed by atoms with Crippen molar-refractivity contribution in [1.29, 1.82) is 0 Å². The lowest BCUT2D eigenvalue weighted by molar-refractivity contribution is 0.112. The molecular weight excluding hydrogens is 869 g/mol. The van der Waals surface area contributed by atoms with Crippen molar-refractivity contribution in [1.82, 2.24) is 39.2 Å². The summed E-state index contributed by atoms with van der Waals surface area (Å²) in [6.45, 7) is 64.4. The average Bonchev–Trinajstić information content (AvgIpc) is 4.24. The van der Waals surface area contributed by atoms with E-state index in [1.165, 1.54) is 214 Å². The molecule has 0 aromatic carbocycles. The van der Waals surface area contributed by atoms with Crippen molar-refractivity contribution in [3.05, 3.63) is 0 Å². The number of hydrogen-bond acceptors (Lipinski definition) is 8. The van der Waals surface area contributed by atoms with Gasteiger partial charge in [0.05, 0.1) is 0 Å². The Hall–Kier alpha value is -0.320. The van der Waals surface area contributed by atoms with Crippen LogP contribution in [0.5, 0.6) is 0 Å². The Balaban J connectivity index is 0.000000409. The monoisotopic (exact) mass is 1000 g/mol. The third kappa shape index (κ3) is 38.8. The second kappa shape index (κ2) is 40.9. The molecule has 0 N–H and O–H groups in total. The van der Waals surface area contributed by atoms with Crippen LogP contribution in [0.3, 0.4) is 0 Å². The normalized spacial score (nSPS) is 22.5. The van der Waals surface area contributed by atoms with E-state index in [2.05, 4.69) is 171 Å². The second-order valence-electron chi connectivity index (χ2n) is 26.7. The molecule has 3 saturated carbocycles. The lowest BCUT2D eigenvalue weighted by Crippen LogP contribution is -2.48. The van der Waals surface area contributed by atoms with Gasteiger partial charge < -0.3 is 29.4 Å². The van der Waals surface area contributed by atoms with E-state index in [1.807, 2.05) is 0 Å². The van der Waals surface area contributed by atoms with Crippen molar-refractivity contribution in [2.24, 2.45) is 53.3 Å². The maximum absolute atomic E-state index is 2.59. The van der Waals surface area contributed by atoms with Crippen molar-refractivity contribution in [2.45, 2.75) is 213 Å². The molecule has 0 amide bonds. The summed E-state index contributed by atoms with van der Waals surface area (Å²) in [4.78, 5) is 20.1. The molecular formula is C63H134N8. The summed E-state index contributed by atoms with van der Waals surface area (Å²) in [5.41, 5.74) is 0. The van der Waals surface area contributed by atoms with Crippen LogP contribution in [0.1, 0.15) is 201 Å². The lowest BCUT2D eigenvalue weighted by atomic mass is 9.78. The molecule has 5 aliphatic heterocycles. The smallest absolute Gasteiger partial charge is 0.0113 e. The lowest BCUT2D eigenvalue weighted by Gasteiger charge is -2.36.